The van der Waals surface area contributed by atoms with Gasteiger partial charge in [-0.25, -0.2) is 4.79 Å². The Morgan fingerprint density at radius 3 is 2.61 bits per heavy atom. The number of ether oxygens (including phenoxy) is 1. The summed E-state index contributed by atoms with van der Waals surface area (Å²) in [6.45, 7) is 9.25. The fourth-order valence-corrected chi connectivity index (χ4v) is 3.27. The number of alkyl carbamates (subject to hydrolysis) is 1. The van der Waals surface area contributed by atoms with Gasteiger partial charge in [-0.1, -0.05) is 26.0 Å². The van der Waals surface area contributed by atoms with Crippen LogP contribution in [0.2, 0.25) is 0 Å². The van der Waals surface area contributed by atoms with Crippen LogP contribution >= 0.6 is 0 Å². The van der Waals surface area contributed by atoms with Gasteiger partial charge in [-0.3, -0.25) is 9.59 Å². The number of Topliss-reactive ketones (excluding diaryl/α,β-unsaturated/α-hetero) is 1. The fraction of sp³-hybridized carbons (Fsp3) is 0.571. The van der Waals surface area contributed by atoms with E-state index in [4.69, 9.17) is 10.5 Å². The quantitative estimate of drug-likeness (QED) is 0.647. The van der Waals surface area contributed by atoms with E-state index in [2.05, 4.69) is 10.6 Å². The Morgan fingerprint density at radius 1 is 1.32 bits per heavy atom. The molecule has 7 heteroatoms. The molecule has 0 saturated carbocycles. The number of amides is 2. The minimum absolute atomic E-state index is 0.0489. The lowest BCUT2D eigenvalue weighted by Gasteiger charge is -2.27. The van der Waals surface area contributed by atoms with Crippen molar-refractivity contribution in [1.29, 1.82) is 0 Å². The number of para-hydroxylation sites is 1. The van der Waals surface area contributed by atoms with Crippen molar-refractivity contribution in [3.8, 4) is 0 Å². The molecule has 1 aromatic rings. The first-order valence-corrected chi connectivity index (χ1v) is 9.66. The molecule has 1 heterocycles. The zero-order valence-electron chi connectivity index (χ0n) is 17.3. The van der Waals surface area contributed by atoms with Gasteiger partial charge in [0.05, 0.1) is 17.4 Å². The van der Waals surface area contributed by atoms with Crippen molar-refractivity contribution in [2.24, 2.45) is 11.8 Å². The molecule has 154 valence electrons. The number of benzene rings is 1. The Hall–Kier alpha value is -2.57. The number of carbonyl (C=O) groups is 3. The van der Waals surface area contributed by atoms with Crippen LogP contribution in [0.5, 0.6) is 0 Å². The molecule has 1 aromatic carbocycles. The molecule has 1 aliphatic rings. The predicted molar refractivity (Wildman–Crippen MR) is 109 cm³/mol. The van der Waals surface area contributed by atoms with E-state index in [-0.39, 0.29) is 24.0 Å². The lowest BCUT2D eigenvalue weighted by atomic mass is 9.86. The van der Waals surface area contributed by atoms with E-state index in [1.54, 1.807) is 26.8 Å². The molecule has 2 atom stereocenters. The van der Waals surface area contributed by atoms with Crippen LogP contribution in [0, 0.1) is 11.8 Å². The highest BCUT2D eigenvalue weighted by molar-refractivity contribution is 6.01. The van der Waals surface area contributed by atoms with Crippen LogP contribution in [0.25, 0.3) is 0 Å². The van der Waals surface area contributed by atoms with Gasteiger partial charge >= 0.3 is 6.09 Å². The largest absolute Gasteiger partial charge is 0.444 e. The lowest BCUT2D eigenvalue weighted by Crippen LogP contribution is -2.45. The van der Waals surface area contributed by atoms with Crippen molar-refractivity contribution in [2.45, 2.75) is 65.5 Å². The number of hydrogen-bond donors (Lipinski definition) is 3. The standard InChI is InChI=1S/C21H31N3O4/c1-12(2)9-16(23-20(27)28-21(3,4)5)17(25)11-14-10-13-7-6-8-15(22)18(13)24-19(14)26/h6-8,12,14,16H,9-11,22H2,1-5H3,(H,23,27)(H,24,26)/t14?,16-/m1/s1. The molecule has 0 bridgehead atoms. The molecule has 1 aliphatic heterocycles. The summed E-state index contributed by atoms with van der Waals surface area (Å²) in [5.74, 6) is -0.687. The van der Waals surface area contributed by atoms with E-state index in [0.29, 0.717) is 24.2 Å². The molecule has 28 heavy (non-hydrogen) atoms. The van der Waals surface area contributed by atoms with Crippen molar-refractivity contribution < 1.29 is 19.1 Å². The maximum Gasteiger partial charge on any atom is 0.408 e. The SMILES string of the molecule is CC(C)C[C@@H](NC(=O)OC(C)(C)C)C(=O)CC1Cc2cccc(N)c2NC1=O. The van der Waals surface area contributed by atoms with E-state index in [9.17, 15) is 14.4 Å². The second kappa shape index (κ2) is 8.63. The van der Waals surface area contributed by atoms with Crippen molar-refractivity contribution in [3.63, 3.8) is 0 Å². The van der Waals surface area contributed by atoms with Gasteiger partial charge in [-0.2, -0.15) is 0 Å². The van der Waals surface area contributed by atoms with Gasteiger partial charge in [0.25, 0.3) is 0 Å². The highest BCUT2D eigenvalue weighted by Crippen LogP contribution is 2.32. The Bertz CT molecular complexity index is 753. The van der Waals surface area contributed by atoms with Crippen LogP contribution in [0.3, 0.4) is 0 Å². The number of nitrogen functional groups attached to an aromatic ring is 1. The third kappa shape index (κ3) is 5.97. The first kappa shape index (κ1) is 21.7. The molecule has 0 aromatic heterocycles. The maximum atomic E-state index is 12.9. The molecule has 0 saturated heterocycles. The molecule has 1 unspecified atom stereocenters. The topological polar surface area (TPSA) is 111 Å². The number of rotatable bonds is 6. The summed E-state index contributed by atoms with van der Waals surface area (Å²) in [5, 5.41) is 5.48. The molecule has 2 rings (SSSR count). The van der Waals surface area contributed by atoms with Crippen LogP contribution < -0.4 is 16.4 Å². The Kier molecular flexibility index (Phi) is 6.69. The van der Waals surface area contributed by atoms with E-state index in [0.717, 1.165) is 5.56 Å². The average Bonchev–Trinajstić information content (AvgIpc) is 2.53. The zero-order chi connectivity index (χ0) is 21.1. The maximum absolute atomic E-state index is 12.9. The van der Waals surface area contributed by atoms with Gasteiger partial charge in [-0.05, 0) is 51.2 Å². The highest BCUT2D eigenvalue weighted by Gasteiger charge is 2.32. The molecular weight excluding hydrogens is 358 g/mol. The second-order valence-corrected chi connectivity index (χ2v) is 8.77. The Morgan fingerprint density at radius 2 is 2.00 bits per heavy atom. The third-order valence-electron chi connectivity index (χ3n) is 4.50. The molecule has 0 aliphatic carbocycles. The minimum atomic E-state index is -0.690. The number of carbonyl (C=O) groups excluding carboxylic acids is 3. The van der Waals surface area contributed by atoms with Crippen LogP contribution in [-0.4, -0.2) is 29.4 Å². The van der Waals surface area contributed by atoms with Crippen molar-refractivity contribution >= 4 is 29.2 Å². The number of fused-ring (bicyclic) bond motifs is 1. The molecule has 7 nitrogen and oxygen atoms in total. The van der Waals surface area contributed by atoms with Gasteiger partial charge in [0, 0.05) is 12.3 Å². The summed E-state index contributed by atoms with van der Waals surface area (Å²) in [4.78, 5) is 37.5. The summed E-state index contributed by atoms with van der Waals surface area (Å²) < 4.78 is 5.28. The van der Waals surface area contributed by atoms with E-state index in [1.165, 1.54) is 0 Å². The number of nitrogens with two attached hydrogens (primary N) is 1. The molecule has 4 N–H and O–H groups in total. The molecule has 2 amide bonds. The van der Waals surface area contributed by atoms with Crippen molar-refractivity contribution in [1.82, 2.24) is 5.32 Å². The normalized spacial score (nSPS) is 17.5. The van der Waals surface area contributed by atoms with Crippen LogP contribution in [0.1, 0.15) is 53.0 Å². The molecular formula is C21H31N3O4. The highest BCUT2D eigenvalue weighted by atomic mass is 16.6. The monoisotopic (exact) mass is 389 g/mol. The Labute approximate surface area is 166 Å². The predicted octanol–water partition coefficient (Wildman–Crippen LogP) is 3.28. The molecule has 0 fully saturated rings. The van der Waals surface area contributed by atoms with Crippen LogP contribution in [0.4, 0.5) is 16.2 Å². The van der Waals surface area contributed by atoms with E-state index < -0.39 is 23.7 Å². The van der Waals surface area contributed by atoms with Gasteiger partial charge < -0.3 is 21.1 Å². The van der Waals surface area contributed by atoms with Crippen molar-refractivity contribution in [2.75, 3.05) is 11.1 Å². The van der Waals surface area contributed by atoms with E-state index in [1.807, 2.05) is 26.0 Å². The van der Waals surface area contributed by atoms with Gasteiger partial charge in [-0.15, -0.1) is 0 Å². The number of ketones is 1. The van der Waals surface area contributed by atoms with Gasteiger partial charge in [0.15, 0.2) is 5.78 Å². The van der Waals surface area contributed by atoms with Gasteiger partial charge in [0.2, 0.25) is 5.91 Å². The zero-order valence-corrected chi connectivity index (χ0v) is 17.3. The van der Waals surface area contributed by atoms with Gasteiger partial charge in [0.1, 0.15) is 5.60 Å². The van der Waals surface area contributed by atoms with Crippen molar-refractivity contribution in [3.05, 3.63) is 23.8 Å². The first-order chi connectivity index (χ1) is 13.0. The number of hydrogen-bond acceptors (Lipinski definition) is 5. The van der Waals surface area contributed by atoms with Crippen LogP contribution in [0.15, 0.2) is 18.2 Å². The minimum Gasteiger partial charge on any atom is -0.444 e. The number of anilines is 2. The van der Waals surface area contributed by atoms with E-state index >= 15 is 0 Å². The lowest BCUT2D eigenvalue weighted by molar-refractivity contribution is -0.127. The summed E-state index contributed by atoms with van der Waals surface area (Å²) in [7, 11) is 0. The summed E-state index contributed by atoms with van der Waals surface area (Å²) >= 11 is 0. The summed E-state index contributed by atoms with van der Waals surface area (Å²) in [6.07, 6.45) is 0.347. The summed E-state index contributed by atoms with van der Waals surface area (Å²) in [6, 6.07) is 4.77. The fourth-order valence-electron chi connectivity index (χ4n) is 3.27. The summed E-state index contributed by atoms with van der Waals surface area (Å²) in [5.41, 5.74) is 7.32. The molecule has 0 radical (unpaired) electrons. The third-order valence-corrected chi connectivity index (χ3v) is 4.50. The number of nitrogens with one attached hydrogen (secondary N) is 2. The smallest absolute Gasteiger partial charge is 0.408 e. The second-order valence-electron chi connectivity index (χ2n) is 8.77. The Balaban J connectivity index is 2.08. The first-order valence-electron chi connectivity index (χ1n) is 9.66. The van der Waals surface area contributed by atoms with Crippen LogP contribution in [-0.2, 0) is 20.7 Å². The average molecular weight is 389 g/mol. The molecule has 0 spiro atoms.